The molecular formula is C18H17BrN2O3S. The van der Waals surface area contributed by atoms with Gasteiger partial charge in [0.25, 0.3) is 5.91 Å². The van der Waals surface area contributed by atoms with Crippen LogP contribution in [0.4, 0.5) is 0 Å². The highest BCUT2D eigenvalue weighted by Crippen LogP contribution is 2.26. The van der Waals surface area contributed by atoms with E-state index >= 15 is 0 Å². The van der Waals surface area contributed by atoms with Crippen LogP contribution in [0.15, 0.2) is 45.9 Å². The number of carbonyl (C=O) groups excluding carboxylic acids is 1. The third kappa shape index (κ3) is 3.48. The molecule has 0 spiro atoms. The molecule has 0 radical (unpaired) electrons. The monoisotopic (exact) mass is 420 g/mol. The Morgan fingerprint density at radius 3 is 2.48 bits per heavy atom. The average molecular weight is 421 g/mol. The van der Waals surface area contributed by atoms with Crippen molar-refractivity contribution in [2.75, 3.05) is 14.2 Å². The highest BCUT2D eigenvalue weighted by atomic mass is 79.9. The molecule has 0 atom stereocenters. The number of hydrogen-bond acceptors (Lipinski definition) is 4. The van der Waals surface area contributed by atoms with Gasteiger partial charge in [-0.15, -0.1) is 0 Å². The van der Waals surface area contributed by atoms with Gasteiger partial charge in [-0.3, -0.25) is 4.79 Å². The van der Waals surface area contributed by atoms with Gasteiger partial charge in [-0.1, -0.05) is 17.4 Å². The Hall–Kier alpha value is -2.12. The van der Waals surface area contributed by atoms with E-state index in [1.165, 1.54) is 11.3 Å². The summed E-state index contributed by atoms with van der Waals surface area (Å²) in [5.41, 5.74) is 1.47. The van der Waals surface area contributed by atoms with Gasteiger partial charge in [0.2, 0.25) is 0 Å². The van der Waals surface area contributed by atoms with Crippen molar-refractivity contribution >= 4 is 43.4 Å². The van der Waals surface area contributed by atoms with E-state index in [9.17, 15) is 4.79 Å². The van der Waals surface area contributed by atoms with Gasteiger partial charge in [-0.25, -0.2) is 0 Å². The molecule has 0 N–H and O–H groups in total. The van der Waals surface area contributed by atoms with Crippen LogP contribution in [0.5, 0.6) is 11.5 Å². The predicted molar refractivity (Wildman–Crippen MR) is 103 cm³/mol. The standard InChI is InChI=1S/C18H17BrN2O3S/c1-4-21-16-14(19)6-5-7-15(16)25-18(21)20-17(22)11-8-12(23-2)10-13(9-11)24-3/h5-10H,4H2,1-3H3. The third-order valence-corrected chi connectivity index (χ3v) is 5.45. The lowest BCUT2D eigenvalue weighted by molar-refractivity contribution is 0.0997. The summed E-state index contributed by atoms with van der Waals surface area (Å²) in [7, 11) is 3.10. The molecule has 0 aliphatic carbocycles. The molecule has 1 amide bonds. The molecule has 1 heterocycles. The number of fused-ring (bicyclic) bond motifs is 1. The Morgan fingerprint density at radius 2 is 1.88 bits per heavy atom. The van der Waals surface area contributed by atoms with Gasteiger partial charge in [0, 0.05) is 22.6 Å². The van der Waals surface area contributed by atoms with E-state index < -0.39 is 0 Å². The Bertz CT molecular complexity index is 985. The Labute approximate surface area is 157 Å². The summed E-state index contributed by atoms with van der Waals surface area (Å²) in [5, 5.41) is 0. The first-order valence-electron chi connectivity index (χ1n) is 7.67. The summed E-state index contributed by atoms with van der Waals surface area (Å²) in [5.74, 6) is 0.780. The van der Waals surface area contributed by atoms with Crippen LogP contribution in [0.25, 0.3) is 10.2 Å². The van der Waals surface area contributed by atoms with E-state index in [1.54, 1.807) is 32.4 Å². The summed E-state index contributed by atoms with van der Waals surface area (Å²) in [6.45, 7) is 2.75. The molecule has 0 aliphatic rings. The first-order chi connectivity index (χ1) is 12.1. The molecule has 2 aromatic carbocycles. The topological polar surface area (TPSA) is 52.8 Å². The van der Waals surface area contributed by atoms with Crippen LogP contribution in [0.3, 0.4) is 0 Å². The predicted octanol–water partition coefficient (Wildman–Crippen LogP) is 4.24. The van der Waals surface area contributed by atoms with Crippen LogP contribution in [0.2, 0.25) is 0 Å². The normalized spacial score (nSPS) is 11.8. The molecule has 3 rings (SSSR count). The van der Waals surface area contributed by atoms with Crippen LogP contribution >= 0.6 is 27.3 Å². The molecule has 0 unspecified atom stereocenters. The summed E-state index contributed by atoms with van der Waals surface area (Å²) < 4.78 is 14.5. The SMILES string of the molecule is CCn1c(=NC(=O)c2cc(OC)cc(OC)c2)sc2cccc(Br)c21. The van der Waals surface area contributed by atoms with E-state index in [4.69, 9.17) is 9.47 Å². The smallest absolute Gasteiger partial charge is 0.279 e. The molecule has 7 heteroatoms. The minimum absolute atomic E-state index is 0.331. The van der Waals surface area contributed by atoms with E-state index in [0.29, 0.717) is 21.9 Å². The lowest BCUT2D eigenvalue weighted by Crippen LogP contribution is -2.16. The van der Waals surface area contributed by atoms with Gasteiger partial charge < -0.3 is 14.0 Å². The van der Waals surface area contributed by atoms with Crippen molar-refractivity contribution in [3.8, 4) is 11.5 Å². The largest absolute Gasteiger partial charge is 0.497 e. The lowest BCUT2D eigenvalue weighted by Gasteiger charge is -2.06. The number of para-hydroxylation sites is 1. The molecule has 1 aromatic heterocycles. The van der Waals surface area contributed by atoms with Crippen molar-refractivity contribution in [1.29, 1.82) is 0 Å². The minimum Gasteiger partial charge on any atom is -0.497 e. The number of thiazole rings is 1. The van der Waals surface area contributed by atoms with Crippen LogP contribution in [-0.4, -0.2) is 24.7 Å². The van der Waals surface area contributed by atoms with Crippen molar-refractivity contribution in [1.82, 2.24) is 4.57 Å². The zero-order chi connectivity index (χ0) is 18.0. The van der Waals surface area contributed by atoms with Gasteiger partial charge in [0.1, 0.15) is 11.5 Å². The number of methoxy groups -OCH3 is 2. The average Bonchev–Trinajstić information content (AvgIpc) is 2.99. The van der Waals surface area contributed by atoms with Crippen LogP contribution in [0.1, 0.15) is 17.3 Å². The van der Waals surface area contributed by atoms with Crippen LogP contribution < -0.4 is 14.3 Å². The number of ether oxygens (including phenoxy) is 2. The molecule has 0 saturated heterocycles. The summed E-state index contributed by atoms with van der Waals surface area (Å²) >= 11 is 5.07. The van der Waals surface area contributed by atoms with Crippen molar-refractivity contribution in [2.24, 2.45) is 4.99 Å². The Balaban J connectivity index is 2.14. The fourth-order valence-electron chi connectivity index (χ4n) is 2.55. The maximum atomic E-state index is 12.7. The number of amides is 1. The fraction of sp³-hybridized carbons (Fsp3) is 0.222. The van der Waals surface area contributed by atoms with Crippen LogP contribution in [-0.2, 0) is 6.54 Å². The molecule has 0 fully saturated rings. The zero-order valence-electron chi connectivity index (χ0n) is 14.1. The molecular weight excluding hydrogens is 404 g/mol. The number of carbonyl (C=O) groups is 1. The highest BCUT2D eigenvalue weighted by Gasteiger charge is 2.12. The Kier molecular flexibility index (Phi) is 5.24. The number of aryl methyl sites for hydroxylation is 1. The Morgan fingerprint density at radius 1 is 1.20 bits per heavy atom. The van der Waals surface area contributed by atoms with Gasteiger partial charge in [0.15, 0.2) is 4.80 Å². The molecule has 0 aliphatic heterocycles. The molecule has 130 valence electrons. The molecule has 5 nitrogen and oxygen atoms in total. The second-order valence-corrected chi connectivity index (χ2v) is 7.10. The summed E-state index contributed by atoms with van der Waals surface area (Å²) in [6.07, 6.45) is 0. The molecule has 0 bridgehead atoms. The summed E-state index contributed by atoms with van der Waals surface area (Å²) in [6, 6.07) is 11.0. The molecule has 3 aromatic rings. The molecule has 25 heavy (non-hydrogen) atoms. The zero-order valence-corrected chi connectivity index (χ0v) is 16.5. The maximum absolute atomic E-state index is 12.7. The van der Waals surface area contributed by atoms with Crippen LogP contribution in [0, 0.1) is 0 Å². The van der Waals surface area contributed by atoms with Crippen molar-refractivity contribution < 1.29 is 14.3 Å². The quantitative estimate of drug-likeness (QED) is 0.633. The lowest BCUT2D eigenvalue weighted by atomic mass is 10.2. The highest BCUT2D eigenvalue weighted by molar-refractivity contribution is 9.10. The number of hydrogen-bond donors (Lipinski definition) is 0. The van der Waals surface area contributed by atoms with E-state index in [1.807, 2.05) is 29.7 Å². The minimum atomic E-state index is -0.331. The number of benzene rings is 2. The second-order valence-electron chi connectivity index (χ2n) is 5.23. The second kappa shape index (κ2) is 7.41. The number of halogens is 1. The van der Waals surface area contributed by atoms with Gasteiger partial charge in [0.05, 0.1) is 24.4 Å². The summed E-state index contributed by atoms with van der Waals surface area (Å²) in [4.78, 5) is 17.7. The fourth-order valence-corrected chi connectivity index (χ4v) is 4.38. The number of aromatic nitrogens is 1. The van der Waals surface area contributed by atoms with Crippen molar-refractivity contribution in [2.45, 2.75) is 13.5 Å². The van der Waals surface area contributed by atoms with Gasteiger partial charge >= 0.3 is 0 Å². The first-order valence-corrected chi connectivity index (χ1v) is 9.28. The third-order valence-electron chi connectivity index (χ3n) is 3.76. The van der Waals surface area contributed by atoms with Gasteiger partial charge in [-0.05, 0) is 47.1 Å². The first kappa shape index (κ1) is 17.7. The van der Waals surface area contributed by atoms with E-state index in [0.717, 1.165) is 21.2 Å². The van der Waals surface area contributed by atoms with Crippen molar-refractivity contribution in [3.05, 3.63) is 51.2 Å². The number of rotatable bonds is 4. The van der Waals surface area contributed by atoms with Gasteiger partial charge in [-0.2, -0.15) is 4.99 Å². The van der Waals surface area contributed by atoms with Crippen molar-refractivity contribution in [3.63, 3.8) is 0 Å². The van der Waals surface area contributed by atoms with E-state index in [-0.39, 0.29) is 5.91 Å². The maximum Gasteiger partial charge on any atom is 0.279 e. The number of nitrogens with zero attached hydrogens (tertiary/aromatic N) is 2. The molecule has 0 saturated carbocycles. The van der Waals surface area contributed by atoms with E-state index in [2.05, 4.69) is 20.9 Å².